The van der Waals surface area contributed by atoms with Gasteiger partial charge in [0.25, 0.3) is 5.78 Å². The molecule has 25 heavy (non-hydrogen) atoms. The molecule has 4 rings (SSSR count). The van der Waals surface area contributed by atoms with Crippen LogP contribution in [-0.2, 0) is 12.8 Å². The predicted octanol–water partition coefficient (Wildman–Crippen LogP) is 2.98. The summed E-state index contributed by atoms with van der Waals surface area (Å²) in [6.45, 7) is 0. The molecule has 124 valence electrons. The Morgan fingerprint density at radius 1 is 1.00 bits per heavy atom. The fourth-order valence-corrected chi connectivity index (χ4v) is 2.72. The lowest BCUT2D eigenvalue weighted by atomic mass is 10.1. The van der Waals surface area contributed by atoms with Gasteiger partial charge in [-0.15, -0.1) is 5.10 Å². The molecule has 0 aliphatic rings. The van der Waals surface area contributed by atoms with E-state index in [1.807, 2.05) is 36.5 Å². The van der Waals surface area contributed by atoms with E-state index < -0.39 is 0 Å². The summed E-state index contributed by atoms with van der Waals surface area (Å²) in [7, 11) is 1.67. The largest absolute Gasteiger partial charge is 0.497 e. The van der Waals surface area contributed by atoms with Crippen LogP contribution < -0.4 is 4.74 Å². The van der Waals surface area contributed by atoms with Crippen LogP contribution in [0.1, 0.15) is 11.4 Å². The Balaban J connectivity index is 1.59. The zero-order valence-corrected chi connectivity index (χ0v) is 13.8. The number of aryl methyl sites for hydroxylation is 2. The summed E-state index contributed by atoms with van der Waals surface area (Å²) in [5.41, 5.74) is 3.14. The molecular formula is C19H17N5O. The third-order valence-corrected chi connectivity index (χ3v) is 4.04. The number of benzene rings is 1. The fourth-order valence-electron chi connectivity index (χ4n) is 2.72. The van der Waals surface area contributed by atoms with Gasteiger partial charge in [0.05, 0.1) is 12.8 Å². The molecule has 0 atom stereocenters. The molecule has 3 aromatic heterocycles. The fraction of sp³-hybridized carbons (Fsp3) is 0.158. The number of hydrogen-bond donors (Lipinski definition) is 0. The molecule has 0 bridgehead atoms. The van der Waals surface area contributed by atoms with Crippen LogP contribution in [0.4, 0.5) is 0 Å². The number of aromatic nitrogens is 5. The molecule has 0 saturated heterocycles. The van der Waals surface area contributed by atoms with E-state index in [9.17, 15) is 0 Å². The van der Waals surface area contributed by atoms with Crippen molar-refractivity contribution in [1.82, 2.24) is 24.6 Å². The van der Waals surface area contributed by atoms with Gasteiger partial charge in [-0.05, 0) is 42.3 Å². The minimum absolute atomic E-state index is 0.603. The van der Waals surface area contributed by atoms with Crippen molar-refractivity contribution in [1.29, 1.82) is 0 Å². The minimum Gasteiger partial charge on any atom is -0.497 e. The van der Waals surface area contributed by atoms with Crippen molar-refractivity contribution in [3.8, 4) is 17.0 Å². The molecule has 0 radical (unpaired) electrons. The average molecular weight is 331 g/mol. The summed E-state index contributed by atoms with van der Waals surface area (Å²) < 4.78 is 6.96. The van der Waals surface area contributed by atoms with Gasteiger partial charge in [-0.25, -0.2) is 4.98 Å². The Kier molecular flexibility index (Phi) is 4.08. The maximum atomic E-state index is 5.19. The first-order chi connectivity index (χ1) is 12.3. The van der Waals surface area contributed by atoms with Crippen LogP contribution in [-0.4, -0.2) is 31.7 Å². The predicted molar refractivity (Wildman–Crippen MR) is 94.4 cm³/mol. The first kappa shape index (κ1) is 15.3. The molecule has 1 aromatic carbocycles. The number of ether oxygens (including phenoxy) is 1. The van der Waals surface area contributed by atoms with Crippen molar-refractivity contribution in [2.45, 2.75) is 12.8 Å². The number of pyridine rings is 1. The lowest BCUT2D eigenvalue weighted by Gasteiger charge is -2.02. The second-order valence-electron chi connectivity index (χ2n) is 5.66. The van der Waals surface area contributed by atoms with E-state index in [-0.39, 0.29) is 0 Å². The highest BCUT2D eigenvalue weighted by Gasteiger charge is 2.10. The Hall–Kier alpha value is -3.28. The third-order valence-electron chi connectivity index (χ3n) is 4.04. The Morgan fingerprint density at radius 3 is 2.64 bits per heavy atom. The zero-order valence-electron chi connectivity index (χ0n) is 13.8. The maximum Gasteiger partial charge on any atom is 0.252 e. The van der Waals surface area contributed by atoms with E-state index in [1.54, 1.807) is 24.0 Å². The molecule has 0 saturated carbocycles. The average Bonchev–Trinajstić information content (AvgIpc) is 3.10. The van der Waals surface area contributed by atoms with Gasteiger partial charge in [-0.1, -0.05) is 12.1 Å². The second kappa shape index (κ2) is 6.68. The normalized spacial score (nSPS) is 10.9. The zero-order chi connectivity index (χ0) is 17.1. The number of fused-ring (bicyclic) bond motifs is 1. The Morgan fingerprint density at radius 2 is 1.88 bits per heavy atom. The van der Waals surface area contributed by atoms with E-state index in [2.05, 4.69) is 32.2 Å². The number of rotatable bonds is 5. The summed E-state index contributed by atoms with van der Waals surface area (Å²) in [6, 6.07) is 13.9. The highest BCUT2D eigenvalue weighted by atomic mass is 16.5. The topological polar surface area (TPSA) is 65.2 Å². The van der Waals surface area contributed by atoms with Crippen molar-refractivity contribution >= 4 is 5.78 Å². The van der Waals surface area contributed by atoms with Crippen LogP contribution in [0.2, 0.25) is 0 Å². The first-order valence-electron chi connectivity index (χ1n) is 8.07. The van der Waals surface area contributed by atoms with Crippen LogP contribution in [0.3, 0.4) is 0 Å². The van der Waals surface area contributed by atoms with Gasteiger partial charge < -0.3 is 4.74 Å². The van der Waals surface area contributed by atoms with E-state index in [4.69, 9.17) is 4.74 Å². The first-order valence-corrected chi connectivity index (χ1v) is 8.07. The quantitative estimate of drug-likeness (QED) is 0.562. The smallest absolute Gasteiger partial charge is 0.252 e. The molecule has 0 aliphatic heterocycles. The van der Waals surface area contributed by atoms with Gasteiger partial charge in [0.1, 0.15) is 5.75 Å². The molecular weight excluding hydrogens is 314 g/mol. The van der Waals surface area contributed by atoms with Crippen molar-refractivity contribution in [2.24, 2.45) is 0 Å². The van der Waals surface area contributed by atoms with Crippen molar-refractivity contribution in [3.05, 3.63) is 72.4 Å². The van der Waals surface area contributed by atoms with Crippen molar-refractivity contribution in [2.75, 3.05) is 7.11 Å². The summed E-state index contributed by atoms with van der Waals surface area (Å²) >= 11 is 0. The van der Waals surface area contributed by atoms with Crippen molar-refractivity contribution < 1.29 is 4.74 Å². The molecule has 0 spiro atoms. The molecule has 0 unspecified atom stereocenters. The van der Waals surface area contributed by atoms with Crippen LogP contribution >= 0.6 is 0 Å². The Labute approximate surface area is 145 Å². The lowest BCUT2D eigenvalue weighted by Crippen LogP contribution is -1.97. The summed E-state index contributed by atoms with van der Waals surface area (Å²) in [4.78, 5) is 13.0. The highest BCUT2D eigenvalue weighted by Crippen LogP contribution is 2.18. The van der Waals surface area contributed by atoms with Crippen molar-refractivity contribution in [3.63, 3.8) is 0 Å². The van der Waals surface area contributed by atoms with Gasteiger partial charge in [0.2, 0.25) is 0 Å². The maximum absolute atomic E-state index is 5.19. The van der Waals surface area contributed by atoms with E-state index in [0.29, 0.717) is 5.78 Å². The number of hydrogen-bond acceptors (Lipinski definition) is 5. The highest BCUT2D eigenvalue weighted by molar-refractivity contribution is 5.59. The second-order valence-corrected chi connectivity index (χ2v) is 5.66. The SMILES string of the molecule is COc1ccc(CCc2nc3nccc(-c4cccnc4)n3n2)cc1. The Bertz CT molecular complexity index is 980. The summed E-state index contributed by atoms with van der Waals surface area (Å²) in [5, 5.41) is 4.63. The molecule has 6 nitrogen and oxygen atoms in total. The van der Waals surface area contributed by atoms with Crippen LogP contribution in [0.25, 0.3) is 17.0 Å². The van der Waals surface area contributed by atoms with E-state index in [1.165, 1.54) is 5.56 Å². The number of nitrogens with zero attached hydrogens (tertiary/aromatic N) is 5. The van der Waals surface area contributed by atoms with Crippen LogP contribution in [0.5, 0.6) is 5.75 Å². The van der Waals surface area contributed by atoms with Gasteiger partial charge in [-0.3, -0.25) is 4.98 Å². The standard InChI is InChI=1S/C19H17N5O/c1-25-16-7-4-14(5-8-16)6-9-18-22-19-21-12-10-17(24(19)23-18)15-3-2-11-20-13-15/h2-5,7-8,10-13H,6,9H2,1H3. The molecule has 0 fully saturated rings. The van der Waals surface area contributed by atoms with Crippen LogP contribution in [0.15, 0.2) is 61.1 Å². The minimum atomic E-state index is 0.603. The molecule has 3 heterocycles. The van der Waals surface area contributed by atoms with E-state index >= 15 is 0 Å². The summed E-state index contributed by atoms with van der Waals surface area (Å²) in [6.07, 6.45) is 6.93. The monoisotopic (exact) mass is 331 g/mol. The molecule has 0 N–H and O–H groups in total. The summed E-state index contributed by atoms with van der Waals surface area (Å²) in [5.74, 6) is 2.24. The molecule has 0 amide bonds. The van der Waals surface area contributed by atoms with Gasteiger partial charge in [0.15, 0.2) is 5.82 Å². The molecule has 6 heteroatoms. The molecule has 4 aromatic rings. The van der Waals surface area contributed by atoms with Gasteiger partial charge >= 0.3 is 0 Å². The van der Waals surface area contributed by atoms with Gasteiger partial charge in [-0.2, -0.15) is 9.50 Å². The molecule has 0 aliphatic carbocycles. The lowest BCUT2D eigenvalue weighted by molar-refractivity contribution is 0.414. The third kappa shape index (κ3) is 3.19. The van der Waals surface area contributed by atoms with Crippen LogP contribution in [0, 0.1) is 0 Å². The number of methoxy groups -OCH3 is 1. The van der Waals surface area contributed by atoms with E-state index in [0.717, 1.165) is 35.7 Å². The van der Waals surface area contributed by atoms with Gasteiger partial charge in [0, 0.05) is 30.6 Å².